The Labute approximate surface area is 327 Å². The number of anilines is 3. The summed E-state index contributed by atoms with van der Waals surface area (Å²) in [6.07, 6.45) is -1.39. The molecule has 2 aliphatic heterocycles. The number of rotatable bonds is 8. The second-order valence-electron chi connectivity index (χ2n) is 16.2. The summed E-state index contributed by atoms with van der Waals surface area (Å²) in [5.41, 5.74) is -0.294. The number of hydrogen-bond acceptors (Lipinski definition) is 9. The number of ether oxygens (including phenoxy) is 3. The number of carbonyl (C=O) groups is 3. The van der Waals surface area contributed by atoms with E-state index in [4.69, 9.17) is 14.2 Å². The summed E-state index contributed by atoms with van der Waals surface area (Å²) < 4.78 is 62.3. The molecule has 304 valence electrons. The normalized spacial score (nSPS) is 17.1. The summed E-state index contributed by atoms with van der Waals surface area (Å²) >= 11 is 0. The van der Waals surface area contributed by atoms with E-state index in [0.717, 1.165) is 38.5 Å². The predicted octanol–water partition coefficient (Wildman–Crippen LogP) is 9.09. The third-order valence-corrected chi connectivity index (χ3v) is 10.1. The number of carboxylic acid groups (broad SMARTS) is 1. The number of amides is 4. The Hall–Kier alpha value is -5.58. The molecule has 57 heavy (non-hydrogen) atoms. The molecular weight excluding hydrogens is 747 g/mol. The number of nitrogens with zero attached hydrogens (tertiary/aromatic N) is 5. The number of nitrogens with one attached hydrogen (secondary N) is 2. The van der Waals surface area contributed by atoms with E-state index in [-0.39, 0.29) is 35.1 Å². The maximum absolute atomic E-state index is 14.2. The van der Waals surface area contributed by atoms with E-state index < -0.39 is 41.2 Å². The van der Waals surface area contributed by atoms with Crippen molar-refractivity contribution in [2.24, 2.45) is 0 Å². The summed E-state index contributed by atoms with van der Waals surface area (Å²) in [4.78, 5) is 50.8. The minimum absolute atomic E-state index is 0.0872. The van der Waals surface area contributed by atoms with E-state index in [9.17, 15) is 32.7 Å². The smallest absolute Gasteiger partial charge is 0.425 e. The molecule has 2 aromatic carbocycles. The molecule has 7 rings (SSSR count). The van der Waals surface area contributed by atoms with Crippen molar-refractivity contribution in [3.8, 4) is 22.6 Å². The molecule has 3 aliphatic rings. The lowest BCUT2D eigenvalue weighted by Crippen LogP contribution is -2.40. The van der Waals surface area contributed by atoms with Gasteiger partial charge in [0.2, 0.25) is 0 Å². The molecule has 0 spiro atoms. The number of fused-ring (bicyclic) bond motifs is 2. The average molecular weight is 794 g/mol. The van der Waals surface area contributed by atoms with Gasteiger partial charge in [-0.15, -0.1) is 0 Å². The van der Waals surface area contributed by atoms with Crippen LogP contribution in [0.15, 0.2) is 42.9 Å². The van der Waals surface area contributed by atoms with Gasteiger partial charge in [0.25, 0.3) is 0 Å². The fraction of sp³-hybridized carbons (Fsp3) is 0.475. The first-order valence-electron chi connectivity index (χ1n) is 19.0. The van der Waals surface area contributed by atoms with Crippen LogP contribution in [0.4, 0.5) is 44.7 Å². The van der Waals surface area contributed by atoms with Crippen molar-refractivity contribution < 1.29 is 46.9 Å². The van der Waals surface area contributed by atoms with Gasteiger partial charge in [0, 0.05) is 48.6 Å². The monoisotopic (exact) mass is 793 g/mol. The lowest BCUT2D eigenvalue weighted by molar-refractivity contribution is -0.139. The highest BCUT2D eigenvalue weighted by Crippen LogP contribution is 2.50. The molecule has 2 fully saturated rings. The summed E-state index contributed by atoms with van der Waals surface area (Å²) in [6.45, 7) is 13.0. The SMILES string of the molecule is CCN1CCC(Oc2ccc(NC(=O)Nc3ccc(-c4cn(C5CC5)c5ncnc(N(C(=O)O)C(=O)OC(C)(C)C)c45)c4c3OC(C)(C)C4)cc2C(F)(F)F)CC1. The largest absolute Gasteiger partial charge is 0.490 e. The Bertz CT molecular complexity index is 2220. The van der Waals surface area contributed by atoms with Gasteiger partial charge in [-0.2, -0.15) is 18.1 Å². The van der Waals surface area contributed by atoms with Gasteiger partial charge in [-0.05, 0) is 96.7 Å². The Morgan fingerprint density at radius 2 is 1.74 bits per heavy atom. The van der Waals surface area contributed by atoms with Gasteiger partial charge in [0.15, 0.2) is 5.82 Å². The third kappa shape index (κ3) is 8.43. The number of halogens is 3. The van der Waals surface area contributed by atoms with Crippen LogP contribution in [0.5, 0.6) is 11.5 Å². The number of urea groups is 1. The van der Waals surface area contributed by atoms with Crippen LogP contribution in [-0.4, -0.2) is 79.7 Å². The standard InChI is InChI=1S/C40H46F3N7O7/c1-7-48-16-14-24(15-17-48)55-30-13-8-22(18-28(30)40(41,42)43)46-35(51)47-29-12-11-25(26-19-39(5,6)56-32(26)29)27-20-49(23-9-10-23)33-31(27)34(45-21-44-33)50(36(52)53)37(54)57-38(2,3)4/h8,11-13,18,20-21,23-24H,7,9-10,14-17,19H2,1-6H3,(H,52,53)(H2,46,47,51). The van der Waals surface area contributed by atoms with Gasteiger partial charge in [-0.3, -0.25) is 0 Å². The van der Waals surface area contributed by atoms with E-state index in [2.05, 4.69) is 25.5 Å². The first-order chi connectivity index (χ1) is 26.8. The van der Waals surface area contributed by atoms with Gasteiger partial charge in [-0.1, -0.05) is 13.0 Å². The molecule has 4 heterocycles. The Balaban J connectivity index is 1.21. The number of alkyl halides is 3. The molecule has 2 aromatic heterocycles. The quantitative estimate of drug-likeness (QED) is 0.157. The summed E-state index contributed by atoms with van der Waals surface area (Å²) in [7, 11) is 0. The van der Waals surface area contributed by atoms with Crippen LogP contribution < -0.4 is 25.0 Å². The van der Waals surface area contributed by atoms with Crippen molar-refractivity contribution in [3.63, 3.8) is 0 Å². The fourth-order valence-corrected chi connectivity index (χ4v) is 7.38. The van der Waals surface area contributed by atoms with Crippen LogP contribution in [0.25, 0.3) is 22.2 Å². The summed E-state index contributed by atoms with van der Waals surface area (Å²) in [5.74, 6) is -0.141. The topological polar surface area (TPSA) is 160 Å². The van der Waals surface area contributed by atoms with Gasteiger partial charge in [0.1, 0.15) is 40.8 Å². The molecule has 4 aromatic rings. The molecule has 14 nitrogen and oxygen atoms in total. The summed E-state index contributed by atoms with van der Waals surface area (Å²) in [6, 6.07) is 6.09. The molecule has 4 amide bonds. The third-order valence-electron chi connectivity index (χ3n) is 10.1. The Kier molecular flexibility index (Phi) is 10.2. The maximum Gasteiger partial charge on any atom is 0.425 e. The average Bonchev–Trinajstić information content (AvgIpc) is 3.80. The first kappa shape index (κ1) is 39.6. The van der Waals surface area contributed by atoms with Crippen molar-refractivity contribution in [2.45, 2.75) is 103 Å². The van der Waals surface area contributed by atoms with Gasteiger partial charge in [-0.25, -0.2) is 24.4 Å². The van der Waals surface area contributed by atoms with Crippen LogP contribution in [0, 0.1) is 0 Å². The second-order valence-corrected chi connectivity index (χ2v) is 16.2. The Morgan fingerprint density at radius 3 is 2.37 bits per heavy atom. The lowest BCUT2D eigenvalue weighted by Gasteiger charge is -2.31. The molecular formula is C40H46F3N7O7. The van der Waals surface area contributed by atoms with Crippen LogP contribution in [0.1, 0.15) is 84.4 Å². The molecule has 3 N–H and O–H groups in total. The van der Waals surface area contributed by atoms with Crippen molar-refractivity contribution in [1.82, 2.24) is 19.4 Å². The molecule has 0 unspecified atom stereocenters. The summed E-state index contributed by atoms with van der Waals surface area (Å²) in [5, 5.41) is 15.8. The molecule has 0 radical (unpaired) electrons. The van der Waals surface area contributed by atoms with Crippen molar-refractivity contribution in [3.05, 3.63) is 54.0 Å². The fourth-order valence-electron chi connectivity index (χ4n) is 7.38. The molecule has 0 bridgehead atoms. The van der Waals surface area contributed by atoms with E-state index >= 15 is 0 Å². The number of hydrogen-bond donors (Lipinski definition) is 3. The molecule has 0 atom stereocenters. The van der Waals surface area contributed by atoms with Crippen LogP contribution in [0.2, 0.25) is 0 Å². The van der Waals surface area contributed by atoms with Gasteiger partial charge >= 0.3 is 24.4 Å². The van der Waals surface area contributed by atoms with Gasteiger partial charge in [0.05, 0.1) is 16.6 Å². The lowest BCUT2D eigenvalue weighted by atomic mass is 9.93. The zero-order valence-electron chi connectivity index (χ0n) is 32.6. The number of likely N-dealkylation sites (tertiary alicyclic amines) is 1. The van der Waals surface area contributed by atoms with Crippen LogP contribution >= 0.6 is 0 Å². The highest BCUT2D eigenvalue weighted by atomic mass is 19.4. The second kappa shape index (κ2) is 14.7. The highest BCUT2D eigenvalue weighted by Gasteiger charge is 2.39. The van der Waals surface area contributed by atoms with Gasteiger partial charge < -0.3 is 39.4 Å². The zero-order valence-corrected chi connectivity index (χ0v) is 32.6. The molecule has 17 heteroatoms. The molecule has 1 saturated heterocycles. The van der Waals surface area contributed by atoms with Crippen molar-refractivity contribution >= 4 is 46.4 Å². The Morgan fingerprint density at radius 1 is 1.02 bits per heavy atom. The number of aromatic nitrogens is 3. The van der Waals surface area contributed by atoms with Crippen LogP contribution in [0.3, 0.4) is 0 Å². The van der Waals surface area contributed by atoms with Crippen molar-refractivity contribution in [1.29, 1.82) is 0 Å². The molecule has 1 saturated carbocycles. The number of imide groups is 1. The highest BCUT2D eigenvalue weighted by molar-refractivity contribution is 6.15. The maximum atomic E-state index is 14.2. The van der Waals surface area contributed by atoms with Crippen molar-refractivity contribution in [2.75, 3.05) is 35.2 Å². The molecule has 1 aliphatic carbocycles. The first-order valence-corrected chi connectivity index (χ1v) is 19.0. The number of carbonyl (C=O) groups excluding carboxylic acids is 2. The minimum atomic E-state index is -4.73. The minimum Gasteiger partial charge on any atom is -0.490 e. The number of benzene rings is 2. The van der Waals surface area contributed by atoms with E-state index in [0.29, 0.717) is 57.6 Å². The van der Waals surface area contributed by atoms with Crippen LogP contribution in [-0.2, 0) is 17.3 Å². The van der Waals surface area contributed by atoms with E-state index in [1.54, 1.807) is 32.9 Å². The predicted molar refractivity (Wildman–Crippen MR) is 206 cm³/mol. The zero-order chi connectivity index (χ0) is 41.0. The van der Waals surface area contributed by atoms with E-state index in [1.165, 1.54) is 18.5 Å². The van der Waals surface area contributed by atoms with E-state index in [1.807, 2.05) is 31.5 Å². The number of piperidine rings is 1.